The lowest BCUT2D eigenvalue weighted by atomic mass is 10.1. The highest BCUT2D eigenvalue weighted by Gasteiger charge is 2.24. The summed E-state index contributed by atoms with van der Waals surface area (Å²) in [5.74, 6) is 0.309. The molecule has 4 rings (SSSR count). The van der Waals surface area contributed by atoms with E-state index in [-0.39, 0.29) is 17.5 Å². The molecule has 0 unspecified atom stereocenters. The van der Waals surface area contributed by atoms with Gasteiger partial charge in [0.2, 0.25) is 0 Å². The number of rotatable bonds is 3. The van der Waals surface area contributed by atoms with Crippen molar-refractivity contribution in [2.75, 3.05) is 18.0 Å². The Morgan fingerprint density at radius 1 is 1.23 bits per heavy atom. The molecular weight excluding hydrogens is 332 g/mol. The number of hydrogen-bond donors (Lipinski definition) is 1. The Labute approximate surface area is 150 Å². The predicted molar refractivity (Wildman–Crippen MR) is 97.4 cm³/mol. The second-order valence-electron chi connectivity index (χ2n) is 6.53. The van der Waals surface area contributed by atoms with Crippen molar-refractivity contribution in [3.8, 4) is 0 Å². The fourth-order valence-corrected chi connectivity index (χ4v) is 3.31. The maximum atomic E-state index is 12.6. The van der Waals surface area contributed by atoms with Gasteiger partial charge in [-0.05, 0) is 25.0 Å². The summed E-state index contributed by atoms with van der Waals surface area (Å²) in [7, 11) is 1.71. The third kappa shape index (κ3) is 3.05. The first kappa shape index (κ1) is 16.3. The molecule has 8 nitrogen and oxygen atoms in total. The number of carbonyl (C=O) groups excluding carboxylic acids is 1. The molecule has 1 aliphatic heterocycles. The largest absolute Gasteiger partial charge is 0.350 e. The second-order valence-corrected chi connectivity index (χ2v) is 6.53. The van der Waals surface area contributed by atoms with Gasteiger partial charge < -0.3 is 19.2 Å². The van der Waals surface area contributed by atoms with E-state index in [2.05, 4.69) is 15.3 Å². The lowest BCUT2D eigenvalue weighted by Crippen LogP contribution is -2.49. The molecule has 0 radical (unpaired) electrons. The Morgan fingerprint density at radius 2 is 2.08 bits per heavy atom. The number of pyridine rings is 1. The van der Waals surface area contributed by atoms with Crippen molar-refractivity contribution in [3.05, 3.63) is 59.0 Å². The molecule has 0 bridgehead atoms. The van der Waals surface area contributed by atoms with E-state index >= 15 is 0 Å². The number of piperidine rings is 1. The number of anilines is 1. The Morgan fingerprint density at radius 3 is 2.96 bits per heavy atom. The first-order chi connectivity index (χ1) is 12.6. The van der Waals surface area contributed by atoms with E-state index < -0.39 is 0 Å². The minimum Gasteiger partial charge on any atom is -0.350 e. The number of carbonyl (C=O) groups is 1. The van der Waals surface area contributed by atoms with Crippen LogP contribution in [-0.2, 0) is 7.05 Å². The normalized spacial score (nSPS) is 17.4. The highest BCUT2D eigenvalue weighted by atomic mass is 16.2. The average molecular weight is 352 g/mol. The SMILES string of the molecule is Cn1ccnc(N2CCC[C@H](NC(=O)c3ccn4ccnc4c3)C2)c1=O. The third-order valence-electron chi connectivity index (χ3n) is 4.71. The Kier molecular flexibility index (Phi) is 4.16. The minimum absolute atomic E-state index is 0.0288. The van der Waals surface area contributed by atoms with Gasteiger partial charge >= 0.3 is 0 Å². The molecule has 0 aromatic carbocycles. The molecule has 3 aromatic rings. The van der Waals surface area contributed by atoms with Gasteiger partial charge in [-0.2, -0.15) is 0 Å². The quantitative estimate of drug-likeness (QED) is 0.755. The first-order valence-corrected chi connectivity index (χ1v) is 8.62. The molecule has 0 spiro atoms. The van der Waals surface area contributed by atoms with Gasteiger partial charge in [-0.15, -0.1) is 0 Å². The summed E-state index contributed by atoms with van der Waals surface area (Å²) < 4.78 is 3.38. The zero-order valence-corrected chi connectivity index (χ0v) is 14.5. The highest BCUT2D eigenvalue weighted by Crippen LogP contribution is 2.15. The molecule has 1 amide bonds. The standard InChI is InChI=1S/C18H20N6O2/c1-22-9-5-20-16(18(22)26)24-7-2-3-14(12-24)21-17(25)13-4-8-23-10-6-19-15(23)11-13/h4-6,8-11,14H,2-3,7,12H2,1H3,(H,21,25)/t14-/m0/s1. The van der Waals surface area contributed by atoms with Gasteiger partial charge in [0.15, 0.2) is 5.82 Å². The van der Waals surface area contributed by atoms with Crippen molar-refractivity contribution in [3.63, 3.8) is 0 Å². The zero-order valence-electron chi connectivity index (χ0n) is 14.5. The summed E-state index contributed by atoms with van der Waals surface area (Å²) in [6, 6.07) is 3.52. The number of nitrogens with zero attached hydrogens (tertiary/aromatic N) is 5. The maximum Gasteiger partial charge on any atom is 0.293 e. The van der Waals surface area contributed by atoms with E-state index in [1.807, 2.05) is 21.7 Å². The van der Waals surface area contributed by atoms with Crippen molar-refractivity contribution < 1.29 is 4.79 Å². The number of aryl methyl sites for hydroxylation is 1. The first-order valence-electron chi connectivity index (χ1n) is 8.62. The summed E-state index contributed by atoms with van der Waals surface area (Å²) in [4.78, 5) is 35.3. The van der Waals surface area contributed by atoms with Gasteiger partial charge in [0.1, 0.15) is 5.65 Å². The van der Waals surface area contributed by atoms with Gasteiger partial charge in [-0.25, -0.2) is 9.97 Å². The molecule has 3 aromatic heterocycles. The van der Waals surface area contributed by atoms with Crippen molar-refractivity contribution in [1.29, 1.82) is 0 Å². The molecule has 134 valence electrons. The Hall–Kier alpha value is -3.16. The molecule has 26 heavy (non-hydrogen) atoms. The molecule has 1 aliphatic rings. The van der Waals surface area contributed by atoms with Crippen molar-refractivity contribution >= 4 is 17.4 Å². The van der Waals surface area contributed by atoms with E-state index in [1.165, 1.54) is 4.57 Å². The second kappa shape index (κ2) is 6.62. The topological polar surface area (TPSA) is 84.5 Å². The lowest BCUT2D eigenvalue weighted by Gasteiger charge is -2.33. The summed E-state index contributed by atoms with van der Waals surface area (Å²) in [6.45, 7) is 1.34. The molecule has 1 N–H and O–H groups in total. The van der Waals surface area contributed by atoms with E-state index in [0.29, 0.717) is 17.9 Å². The van der Waals surface area contributed by atoms with E-state index in [0.717, 1.165) is 25.0 Å². The Bertz CT molecular complexity index is 1010. The van der Waals surface area contributed by atoms with Crippen molar-refractivity contribution in [2.24, 2.45) is 7.05 Å². The van der Waals surface area contributed by atoms with Crippen LogP contribution < -0.4 is 15.8 Å². The van der Waals surface area contributed by atoms with Crippen LogP contribution in [0, 0.1) is 0 Å². The van der Waals surface area contributed by atoms with E-state index in [1.54, 1.807) is 37.8 Å². The average Bonchev–Trinajstić information content (AvgIpc) is 3.12. The van der Waals surface area contributed by atoms with Gasteiger partial charge in [-0.3, -0.25) is 9.59 Å². The van der Waals surface area contributed by atoms with E-state index in [9.17, 15) is 9.59 Å². The smallest absolute Gasteiger partial charge is 0.293 e. The van der Waals surface area contributed by atoms with Crippen LogP contribution in [0.4, 0.5) is 5.82 Å². The van der Waals surface area contributed by atoms with Gasteiger partial charge in [0.25, 0.3) is 11.5 Å². The van der Waals surface area contributed by atoms with Crippen LogP contribution in [0.25, 0.3) is 5.65 Å². The molecule has 4 heterocycles. The monoisotopic (exact) mass is 352 g/mol. The van der Waals surface area contributed by atoms with Gasteiger partial charge in [0.05, 0.1) is 0 Å². The number of imidazole rings is 1. The summed E-state index contributed by atoms with van der Waals surface area (Å²) >= 11 is 0. The fourth-order valence-electron chi connectivity index (χ4n) is 3.31. The number of amides is 1. The molecular formula is C18H20N6O2. The number of nitrogens with one attached hydrogen (secondary N) is 1. The molecule has 8 heteroatoms. The van der Waals surface area contributed by atoms with Crippen LogP contribution in [0.2, 0.25) is 0 Å². The fraction of sp³-hybridized carbons (Fsp3) is 0.333. The summed E-state index contributed by atoms with van der Waals surface area (Å²) in [6.07, 6.45) is 10.4. The summed E-state index contributed by atoms with van der Waals surface area (Å²) in [5.41, 5.74) is 1.19. The van der Waals surface area contributed by atoms with Crippen LogP contribution in [0.15, 0.2) is 47.9 Å². The Balaban J connectivity index is 1.48. The molecule has 0 saturated carbocycles. The van der Waals surface area contributed by atoms with Crippen LogP contribution in [0.5, 0.6) is 0 Å². The van der Waals surface area contributed by atoms with Crippen LogP contribution in [0.3, 0.4) is 0 Å². The van der Waals surface area contributed by atoms with Gasteiger partial charge in [0, 0.05) is 62.7 Å². The predicted octanol–water partition coefficient (Wildman–Crippen LogP) is 0.827. The van der Waals surface area contributed by atoms with Crippen molar-refractivity contribution in [1.82, 2.24) is 24.3 Å². The molecule has 1 atom stereocenters. The van der Waals surface area contributed by atoms with Crippen LogP contribution in [0.1, 0.15) is 23.2 Å². The maximum absolute atomic E-state index is 12.6. The summed E-state index contributed by atoms with van der Waals surface area (Å²) in [5, 5.41) is 3.07. The minimum atomic E-state index is -0.128. The number of aromatic nitrogens is 4. The number of fused-ring (bicyclic) bond motifs is 1. The highest BCUT2D eigenvalue weighted by molar-refractivity contribution is 5.95. The number of hydrogen-bond acceptors (Lipinski definition) is 5. The molecule has 0 aliphatic carbocycles. The van der Waals surface area contributed by atoms with Crippen LogP contribution >= 0.6 is 0 Å². The zero-order chi connectivity index (χ0) is 18.1. The van der Waals surface area contributed by atoms with Crippen LogP contribution in [-0.4, -0.2) is 44.0 Å². The van der Waals surface area contributed by atoms with Gasteiger partial charge in [-0.1, -0.05) is 0 Å². The lowest BCUT2D eigenvalue weighted by molar-refractivity contribution is 0.0933. The molecule has 1 saturated heterocycles. The molecule has 1 fully saturated rings. The van der Waals surface area contributed by atoms with E-state index in [4.69, 9.17) is 0 Å². The van der Waals surface area contributed by atoms with Crippen molar-refractivity contribution in [2.45, 2.75) is 18.9 Å². The third-order valence-corrected chi connectivity index (χ3v) is 4.71.